The fraction of sp³-hybridized carbons (Fsp3) is 0.0833. The van der Waals surface area contributed by atoms with Crippen molar-refractivity contribution in [1.29, 1.82) is 0 Å². The highest BCUT2D eigenvalue weighted by atomic mass is 16.4. The zero-order chi connectivity index (χ0) is 14.0. The first-order valence-corrected chi connectivity index (χ1v) is 5.40. The largest absolute Gasteiger partial charge is 0.478 e. The van der Waals surface area contributed by atoms with Crippen LogP contribution in [0.1, 0.15) is 20.7 Å². The van der Waals surface area contributed by atoms with Crippen LogP contribution in [0.15, 0.2) is 30.6 Å². The maximum Gasteiger partial charge on any atom is 0.335 e. The van der Waals surface area contributed by atoms with E-state index in [2.05, 4.69) is 10.4 Å². The number of nitrogen functional groups attached to an aromatic ring is 1. The lowest BCUT2D eigenvalue weighted by molar-refractivity contribution is 0.0697. The molecule has 4 N–H and O–H groups in total. The number of anilines is 2. The Bertz CT molecular complexity index is 648. The second-order valence-corrected chi connectivity index (χ2v) is 3.96. The van der Waals surface area contributed by atoms with Crippen LogP contribution in [0.2, 0.25) is 0 Å². The molecule has 0 radical (unpaired) electrons. The number of carboxylic acid groups (broad SMARTS) is 1. The third-order valence-corrected chi connectivity index (χ3v) is 2.51. The highest BCUT2D eigenvalue weighted by molar-refractivity contribution is 6.05. The first kappa shape index (κ1) is 12.6. The van der Waals surface area contributed by atoms with Crippen molar-refractivity contribution in [2.24, 2.45) is 7.05 Å². The van der Waals surface area contributed by atoms with E-state index in [4.69, 9.17) is 10.8 Å². The second kappa shape index (κ2) is 4.81. The summed E-state index contributed by atoms with van der Waals surface area (Å²) in [4.78, 5) is 22.6. The molecule has 1 aromatic heterocycles. The lowest BCUT2D eigenvalue weighted by Crippen LogP contribution is -2.13. The van der Waals surface area contributed by atoms with E-state index < -0.39 is 5.97 Å². The average Bonchev–Trinajstić information content (AvgIpc) is 2.78. The monoisotopic (exact) mass is 260 g/mol. The van der Waals surface area contributed by atoms with Crippen LogP contribution < -0.4 is 11.1 Å². The smallest absolute Gasteiger partial charge is 0.335 e. The molecular formula is C12H12N4O3. The standard InChI is InChI=1S/C12H12N4O3/c1-16-6-8(5-14-16)11(17)15-10-3-2-7(12(18)19)4-9(10)13/h2-6H,13H2,1H3,(H,15,17)(H,18,19). The Morgan fingerprint density at radius 2 is 2.11 bits per heavy atom. The number of nitrogens with zero attached hydrogens (tertiary/aromatic N) is 2. The number of rotatable bonds is 3. The minimum absolute atomic E-state index is 0.0666. The molecule has 1 amide bonds. The Morgan fingerprint density at radius 1 is 1.37 bits per heavy atom. The molecular weight excluding hydrogens is 248 g/mol. The lowest BCUT2D eigenvalue weighted by atomic mass is 10.1. The molecule has 98 valence electrons. The molecule has 2 rings (SSSR count). The van der Waals surface area contributed by atoms with E-state index >= 15 is 0 Å². The molecule has 0 fully saturated rings. The van der Waals surface area contributed by atoms with Crippen molar-refractivity contribution in [2.75, 3.05) is 11.1 Å². The maximum absolute atomic E-state index is 11.9. The molecule has 7 nitrogen and oxygen atoms in total. The zero-order valence-electron chi connectivity index (χ0n) is 10.1. The highest BCUT2D eigenvalue weighted by Crippen LogP contribution is 2.20. The van der Waals surface area contributed by atoms with Crippen molar-refractivity contribution in [3.63, 3.8) is 0 Å². The van der Waals surface area contributed by atoms with E-state index in [0.29, 0.717) is 11.3 Å². The highest BCUT2D eigenvalue weighted by Gasteiger charge is 2.11. The van der Waals surface area contributed by atoms with Crippen molar-refractivity contribution >= 4 is 23.3 Å². The molecule has 19 heavy (non-hydrogen) atoms. The number of aromatic nitrogens is 2. The summed E-state index contributed by atoms with van der Waals surface area (Å²) < 4.78 is 1.51. The number of carboxylic acids is 1. The summed E-state index contributed by atoms with van der Waals surface area (Å²) in [6.07, 6.45) is 2.99. The van der Waals surface area contributed by atoms with Gasteiger partial charge in [0.25, 0.3) is 5.91 Å². The summed E-state index contributed by atoms with van der Waals surface area (Å²) in [6, 6.07) is 4.12. The number of nitrogens with one attached hydrogen (secondary N) is 1. The number of carbonyl (C=O) groups is 2. The SMILES string of the molecule is Cn1cc(C(=O)Nc2ccc(C(=O)O)cc2N)cn1. The van der Waals surface area contributed by atoms with Gasteiger partial charge in [0.15, 0.2) is 0 Å². The predicted molar refractivity (Wildman–Crippen MR) is 69.0 cm³/mol. The van der Waals surface area contributed by atoms with E-state index in [1.165, 1.54) is 29.1 Å². The van der Waals surface area contributed by atoms with Gasteiger partial charge in [-0.2, -0.15) is 5.10 Å². The molecule has 0 aliphatic rings. The number of hydrogen-bond donors (Lipinski definition) is 3. The van der Waals surface area contributed by atoms with Crippen LogP contribution >= 0.6 is 0 Å². The van der Waals surface area contributed by atoms with Gasteiger partial charge in [0.1, 0.15) is 0 Å². The van der Waals surface area contributed by atoms with Crippen molar-refractivity contribution in [3.05, 3.63) is 41.7 Å². The number of aryl methyl sites for hydroxylation is 1. The number of aromatic carboxylic acids is 1. The van der Waals surface area contributed by atoms with Crippen LogP contribution in [0.3, 0.4) is 0 Å². The topological polar surface area (TPSA) is 110 Å². The van der Waals surface area contributed by atoms with Gasteiger partial charge in [-0.3, -0.25) is 9.48 Å². The molecule has 0 unspecified atom stereocenters. The normalized spacial score (nSPS) is 10.2. The van der Waals surface area contributed by atoms with Gasteiger partial charge in [-0.15, -0.1) is 0 Å². The number of carbonyl (C=O) groups excluding carboxylic acids is 1. The number of benzene rings is 1. The van der Waals surface area contributed by atoms with Gasteiger partial charge in [0.05, 0.1) is 28.7 Å². The van der Waals surface area contributed by atoms with Crippen molar-refractivity contribution < 1.29 is 14.7 Å². The zero-order valence-corrected chi connectivity index (χ0v) is 10.1. The van der Waals surface area contributed by atoms with Crippen molar-refractivity contribution in [1.82, 2.24) is 9.78 Å². The van der Waals surface area contributed by atoms with Crippen LogP contribution in [0.4, 0.5) is 11.4 Å². The summed E-state index contributed by atoms with van der Waals surface area (Å²) in [5.41, 5.74) is 6.70. The van der Waals surface area contributed by atoms with Gasteiger partial charge >= 0.3 is 5.97 Å². The summed E-state index contributed by atoms with van der Waals surface area (Å²) in [7, 11) is 1.70. The molecule has 0 aliphatic heterocycles. The minimum atomic E-state index is -1.07. The van der Waals surface area contributed by atoms with Crippen LogP contribution in [0, 0.1) is 0 Å². The number of nitrogens with two attached hydrogens (primary N) is 1. The van der Waals surface area contributed by atoms with Gasteiger partial charge in [-0.05, 0) is 18.2 Å². The van der Waals surface area contributed by atoms with Crippen molar-refractivity contribution in [2.45, 2.75) is 0 Å². The Balaban J connectivity index is 2.20. The molecule has 1 aromatic carbocycles. The molecule has 0 saturated heterocycles. The Labute approximate surface area is 108 Å². The summed E-state index contributed by atoms with van der Waals surface area (Å²) in [5.74, 6) is -1.43. The minimum Gasteiger partial charge on any atom is -0.478 e. The molecule has 0 atom stereocenters. The van der Waals surface area contributed by atoms with E-state index in [9.17, 15) is 9.59 Å². The molecule has 0 bridgehead atoms. The van der Waals surface area contributed by atoms with Crippen molar-refractivity contribution in [3.8, 4) is 0 Å². The third kappa shape index (κ3) is 2.71. The van der Waals surface area contributed by atoms with E-state index in [-0.39, 0.29) is 17.2 Å². The van der Waals surface area contributed by atoms with Gasteiger partial charge in [-0.1, -0.05) is 0 Å². The molecule has 2 aromatic rings. The molecule has 0 spiro atoms. The lowest BCUT2D eigenvalue weighted by Gasteiger charge is -2.07. The number of amides is 1. The van der Waals surface area contributed by atoms with Gasteiger partial charge in [0, 0.05) is 13.2 Å². The predicted octanol–water partition coefficient (Wildman–Crippen LogP) is 0.953. The third-order valence-electron chi connectivity index (χ3n) is 2.51. The average molecular weight is 260 g/mol. The van der Waals surface area contributed by atoms with Gasteiger partial charge < -0.3 is 16.2 Å². The van der Waals surface area contributed by atoms with E-state index in [1.54, 1.807) is 13.2 Å². The second-order valence-electron chi connectivity index (χ2n) is 3.96. The first-order valence-electron chi connectivity index (χ1n) is 5.40. The number of hydrogen-bond acceptors (Lipinski definition) is 4. The fourth-order valence-electron chi connectivity index (χ4n) is 1.54. The molecule has 0 aliphatic carbocycles. The molecule has 1 heterocycles. The van der Waals surface area contributed by atoms with Crippen LogP contribution in [-0.4, -0.2) is 26.8 Å². The Hall–Kier alpha value is -2.83. The van der Waals surface area contributed by atoms with Crippen LogP contribution in [0.25, 0.3) is 0 Å². The molecule has 0 saturated carbocycles. The van der Waals surface area contributed by atoms with E-state index in [0.717, 1.165) is 0 Å². The van der Waals surface area contributed by atoms with Crippen LogP contribution in [-0.2, 0) is 7.05 Å². The summed E-state index contributed by atoms with van der Waals surface area (Å²) >= 11 is 0. The summed E-state index contributed by atoms with van der Waals surface area (Å²) in [5, 5.41) is 15.3. The van der Waals surface area contributed by atoms with Crippen LogP contribution in [0.5, 0.6) is 0 Å². The Morgan fingerprint density at radius 3 is 2.63 bits per heavy atom. The Kier molecular flexibility index (Phi) is 3.19. The van der Waals surface area contributed by atoms with Gasteiger partial charge in [0.2, 0.25) is 0 Å². The fourth-order valence-corrected chi connectivity index (χ4v) is 1.54. The van der Waals surface area contributed by atoms with Gasteiger partial charge in [-0.25, -0.2) is 4.79 Å². The molecule has 7 heteroatoms. The van der Waals surface area contributed by atoms with E-state index in [1.807, 2.05) is 0 Å². The summed E-state index contributed by atoms with van der Waals surface area (Å²) in [6.45, 7) is 0. The quantitative estimate of drug-likeness (QED) is 0.712. The first-order chi connectivity index (χ1) is 8.97. The maximum atomic E-state index is 11.9.